The first kappa shape index (κ1) is 8.54. The summed E-state index contributed by atoms with van der Waals surface area (Å²) in [7, 11) is 0. The van der Waals surface area contributed by atoms with Crippen molar-refractivity contribution in [2.24, 2.45) is 0 Å². The van der Waals surface area contributed by atoms with E-state index in [2.05, 4.69) is 26.5 Å². The summed E-state index contributed by atoms with van der Waals surface area (Å²) in [4.78, 5) is 0. The number of hydrogen-bond donors (Lipinski definition) is 0. The van der Waals surface area contributed by atoms with Gasteiger partial charge in [0.1, 0.15) is 0 Å². The van der Waals surface area contributed by atoms with Crippen LogP contribution in [0.15, 0.2) is 0 Å². The quantitative estimate of drug-likeness (QED) is 0.577. The molecule has 0 heterocycles. The molecule has 0 aromatic rings. The fourth-order valence-corrected chi connectivity index (χ4v) is 3.90. The summed E-state index contributed by atoms with van der Waals surface area (Å²) in [5.74, 6) is 2.54. The fourth-order valence-electron chi connectivity index (χ4n) is 0.750. The summed E-state index contributed by atoms with van der Waals surface area (Å²) >= 11 is -1.12. The zero-order valence-corrected chi connectivity index (χ0v) is 8.72. The van der Waals surface area contributed by atoms with Crippen LogP contribution in [0.4, 0.5) is 0 Å². The molecule has 0 aromatic heterocycles. The van der Waals surface area contributed by atoms with Gasteiger partial charge in [-0.2, -0.15) is 0 Å². The molecular formula is C7H18Ge. The first-order valence-corrected chi connectivity index (χ1v) is 10.2. The molecule has 0 spiro atoms. The standard InChI is InChI=1S/C7H18Ge/c1-5-8(4,6-2)7-3/h5-7H2,1-4H3. The predicted molar refractivity (Wildman–Crippen MR) is 43.1 cm³/mol. The van der Waals surface area contributed by atoms with E-state index in [0.717, 1.165) is 0 Å². The molecule has 0 aliphatic carbocycles. The number of hydrogen-bond acceptors (Lipinski definition) is 0. The topological polar surface area (TPSA) is 0 Å². The molecule has 0 N–H and O–H groups in total. The van der Waals surface area contributed by atoms with Crippen molar-refractivity contribution in [1.29, 1.82) is 0 Å². The van der Waals surface area contributed by atoms with E-state index in [1.807, 2.05) is 0 Å². The van der Waals surface area contributed by atoms with Gasteiger partial charge in [0, 0.05) is 0 Å². The molecule has 0 aromatic carbocycles. The van der Waals surface area contributed by atoms with Crippen LogP contribution in [0.2, 0.25) is 21.5 Å². The van der Waals surface area contributed by atoms with E-state index in [9.17, 15) is 0 Å². The van der Waals surface area contributed by atoms with Gasteiger partial charge in [0.15, 0.2) is 0 Å². The number of rotatable bonds is 3. The van der Waals surface area contributed by atoms with Gasteiger partial charge < -0.3 is 0 Å². The molecule has 0 unspecified atom stereocenters. The van der Waals surface area contributed by atoms with Gasteiger partial charge in [0.2, 0.25) is 0 Å². The van der Waals surface area contributed by atoms with Crippen LogP contribution in [0.1, 0.15) is 20.8 Å². The summed E-state index contributed by atoms with van der Waals surface area (Å²) < 4.78 is 0. The average Bonchev–Trinajstić information content (AvgIpc) is 1.87. The molecule has 0 aliphatic heterocycles. The summed E-state index contributed by atoms with van der Waals surface area (Å²) in [5.41, 5.74) is 0. The van der Waals surface area contributed by atoms with E-state index in [4.69, 9.17) is 0 Å². The van der Waals surface area contributed by atoms with E-state index in [1.165, 1.54) is 15.8 Å². The van der Waals surface area contributed by atoms with Gasteiger partial charge in [-0.1, -0.05) is 0 Å². The second-order valence-electron chi connectivity index (χ2n) is 2.87. The molecule has 8 heavy (non-hydrogen) atoms. The minimum absolute atomic E-state index is 1.12. The van der Waals surface area contributed by atoms with E-state index in [0.29, 0.717) is 0 Å². The Morgan fingerprint density at radius 2 is 1.12 bits per heavy atom. The molecule has 0 saturated heterocycles. The molecular weight excluding hydrogens is 157 g/mol. The van der Waals surface area contributed by atoms with Crippen molar-refractivity contribution in [3.05, 3.63) is 0 Å². The third-order valence-corrected chi connectivity index (χ3v) is 13.3. The summed E-state index contributed by atoms with van der Waals surface area (Å²) in [5, 5.41) is 4.52. The first-order chi connectivity index (χ1) is 3.68. The van der Waals surface area contributed by atoms with Crippen molar-refractivity contribution in [2.45, 2.75) is 42.3 Å². The molecule has 50 valence electrons. The zero-order chi connectivity index (χ0) is 6.62. The van der Waals surface area contributed by atoms with Crippen LogP contribution in [0.25, 0.3) is 0 Å². The van der Waals surface area contributed by atoms with Crippen molar-refractivity contribution >= 4 is 13.3 Å². The third kappa shape index (κ3) is 2.21. The van der Waals surface area contributed by atoms with Crippen LogP contribution in [0.3, 0.4) is 0 Å². The second-order valence-corrected chi connectivity index (χ2v) is 14.9. The molecule has 1 heteroatoms. The zero-order valence-electron chi connectivity index (χ0n) is 6.62. The van der Waals surface area contributed by atoms with Crippen molar-refractivity contribution < 1.29 is 0 Å². The molecule has 0 rings (SSSR count). The monoisotopic (exact) mass is 176 g/mol. The summed E-state index contributed by atoms with van der Waals surface area (Å²) in [6.07, 6.45) is 0. The van der Waals surface area contributed by atoms with E-state index in [1.54, 1.807) is 0 Å². The third-order valence-electron chi connectivity index (χ3n) is 2.56. The minimum atomic E-state index is -1.12. The van der Waals surface area contributed by atoms with Gasteiger partial charge in [-0.3, -0.25) is 0 Å². The van der Waals surface area contributed by atoms with Crippen molar-refractivity contribution in [3.63, 3.8) is 0 Å². The van der Waals surface area contributed by atoms with Crippen LogP contribution in [-0.4, -0.2) is 13.3 Å². The van der Waals surface area contributed by atoms with E-state index >= 15 is 0 Å². The van der Waals surface area contributed by atoms with Gasteiger partial charge in [0.05, 0.1) is 0 Å². The van der Waals surface area contributed by atoms with Crippen molar-refractivity contribution in [3.8, 4) is 0 Å². The van der Waals surface area contributed by atoms with Crippen LogP contribution in [0, 0.1) is 0 Å². The van der Waals surface area contributed by atoms with Gasteiger partial charge in [-0.25, -0.2) is 0 Å². The molecule has 0 amide bonds. The molecule has 0 fully saturated rings. The SMILES string of the molecule is C[CH2][Ge]([CH3])([CH2]C)[CH2]C. The maximum absolute atomic E-state index is 2.54. The Morgan fingerprint density at radius 3 is 1.12 bits per heavy atom. The van der Waals surface area contributed by atoms with Crippen molar-refractivity contribution in [2.75, 3.05) is 0 Å². The Labute approximate surface area is 56.0 Å². The maximum atomic E-state index is 2.54. The van der Waals surface area contributed by atoms with E-state index < -0.39 is 13.3 Å². The van der Waals surface area contributed by atoms with Gasteiger partial charge in [-0.05, 0) is 0 Å². The normalized spacial score (nSPS) is 12.0. The Balaban J connectivity index is 3.58. The Morgan fingerprint density at radius 1 is 0.875 bits per heavy atom. The second kappa shape index (κ2) is 3.55. The van der Waals surface area contributed by atoms with Crippen LogP contribution >= 0.6 is 0 Å². The van der Waals surface area contributed by atoms with Crippen LogP contribution in [0.5, 0.6) is 0 Å². The Kier molecular flexibility index (Phi) is 3.79. The molecule has 0 bridgehead atoms. The Bertz CT molecular complexity index is 47.1. The van der Waals surface area contributed by atoms with Crippen LogP contribution in [-0.2, 0) is 0 Å². The molecule has 0 saturated carbocycles. The fraction of sp³-hybridized carbons (Fsp3) is 1.00. The van der Waals surface area contributed by atoms with E-state index in [-0.39, 0.29) is 0 Å². The first-order valence-electron chi connectivity index (χ1n) is 3.68. The molecule has 0 aliphatic rings. The van der Waals surface area contributed by atoms with Gasteiger partial charge in [-0.15, -0.1) is 0 Å². The summed E-state index contributed by atoms with van der Waals surface area (Å²) in [6.45, 7) is 7.06. The predicted octanol–water partition coefficient (Wildman–Crippen LogP) is 3.12. The molecule has 0 radical (unpaired) electrons. The van der Waals surface area contributed by atoms with Gasteiger partial charge in [0.25, 0.3) is 0 Å². The van der Waals surface area contributed by atoms with Gasteiger partial charge >= 0.3 is 55.6 Å². The van der Waals surface area contributed by atoms with Crippen molar-refractivity contribution in [1.82, 2.24) is 0 Å². The van der Waals surface area contributed by atoms with Crippen LogP contribution < -0.4 is 0 Å². The summed E-state index contributed by atoms with van der Waals surface area (Å²) in [6, 6.07) is 0. The molecule has 0 nitrogen and oxygen atoms in total. The Hall–Kier alpha value is 0.543. The molecule has 0 atom stereocenters. The average molecular weight is 175 g/mol.